The monoisotopic (exact) mass is 576 g/mol. The molecule has 4 nitrogen and oxygen atoms in total. The minimum atomic E-state index is 0.403. The Hall–Kier alpha value is -6.19. The summed E-state index contributed by atoms with van der Waals surface area (Å²) in [6, 6.07) is 47.2. The van der Waals surface area contributed by atoms with Gasteiger partial charge in [-0.2, -0.15) is 15.8 Å². The summed E-state index contributed by atoms with van der Waals surface area (Å²) >= 11 is 1.73. The molecule has 0 aliphatic rings. The van der Waals surface area contributed by atoms with Crippen LogP contribution in [0.1, 0.15) is 16.7 Å². The summed E-state index contributed by atoms with van der Waals surface area (Å²) in [5, 5.41) is 35.8. The molecule has 44 heavy (non-hydrogen) atoms. The molecule has 6 aromatic carbocycles. The van der Waals surface area contributed by atoms with E-state index in [1.807, 2.05) is 66.7 Å². The number of aromatic nitrogens is 1. The normalized spacial score (nSPS) is 11.1. The van der Waals surface area contributed by atoms with Gasteiger partial charge in [0.15, 0.2) is 0 Å². The lowest BCUT2D eigenvalue weighted by molar-refractivity contribution is 1.17. The van der Waals surface area contributed by atoms with Gasteiger partial charge in [-0.05, 0) is 48.0 Å². The van der Waals surface area contributed by atoms with Crippen molar-refractivity contribution >= 4 is 53.3 Å². The minimum absolute atomic E-state index is 0.403. The summed E-state index contributed by atoms with van der Waals surface area (Å²) in [6.45, 7) is 0. The Morgan fingerprint density at radius 1 is 0.500 bits per heavy atom. The van der Waals surface area contributed by atoms with Crippen molar-refractivity contribution in [3.8, 4) is 46.1 Å². The molecule has 2 heterocycles. The molecule has 0 saturated heterocycles. The number of nitriles is 3. The Bertz CT molecular complexity index is 2550. The molecule has 0 saturated carbocycles. The Kier molecular flexibility index (Phi) is 5.78. The van der Waals surface area contributed by atoms with Gasteiger partial charge in [-0.3, -0.25) is 0 Å². The highest BCUT2D eigenvalue weighted by Gasteiger charge is 2.23. The third kappa shape index (κ3) is 3.67. The lowest BCUT2D eigenvalue weighted by atomic mass is 9.87. The predicted molar refractivity (Wildman–Crippen MR) is 179 cm³/mol. The molecule has 0 spiro atoms. The summed E-state index contributed by atoms with van der Waals surface area (Å²) in [5.74, 6) is 0. The van der Waals surface area contributed by atoms with E-state index < -0.39 is 0 Å². The molecule has 0 atom stereocenters. The molecular weight excluding hydrogens is 557 g/mol. The van der Waals surface area contributed by atoms with Crippen molar-refractivity contribution in [3.63, 3.8) is 0 Å². The number of hydrogen-bond donors (Lipinski definition) is 0. The van der Waals surface area contributed by atoms with Crippen LogP contribution >= 0.6 is 11.3 Å². The molecule has 8 aromatic rings. The predicted octanol–water partition coefficient (Wildman–Crippen LogP) is 10.1. The fourth-order valence-electron chi connectivity index (χ4n) is 6.47. The summed E-state index contributed by atoms with van der Waals surface area (Å²) in [7, 11) is 0. The van der Waals surface area contributed by atoms with E-state index in [1.165, 1.54) is 4.70 Å². The fraction of sp³-hybridized carbons (Fsp3) is 0. The van der Waals surface area contributed by atoms with Gasteiger partial charge in [0.1, 0.15) is 12.1 Å². The van der Waals surface area contributed by atoms with Gasteiger partial charge >= 0.3 is 0 Å². The molecule has 5 heteroatoms. The average Bonchev–Trinajstić information content (AvgIpc) is 3.62. The summed E-state index contributed by atoms with van der Waals surface area (Å²) in [4.78, 5) is 0. The highest BCUT2D eigenvalue weighted by Crippen LogP contribution is 2.43. The van der Waals surface area contributed by atoms with Crippen LogP contribution in [0.15, 0.2) is 121 Å². The van der Waals surface area contributed by atoms with Crippen LogP contribution in [-0.2, 0) is 0 Å². The van der Waals surface area contributed by atoms with Gasteiger partial charge in [0.25, 0.3) is 0 Å². The van der Waals surface area contributed by atoms with Gasteiger partial charge in [-0.15, -0.1) is 11.3 Å². The maximum Gasteiger partial charge on any atom is 0.101 e. The van der Waals surface area contributed by atoms with Crippen LogP contribution in [0.25, 0.3) is 69.9 Å². The van der Waals surface area contributed by atoms with E-state index >= 15 is 0 Å². The van der Waals surface area contributed by atoms with Gasteiger partial charge in [0.2, 0.25) is 0 Å². The summed E-state index contributed by atoms with van der Waals surface area (Å²) in [6.07, 6.45) is 0. The molecular formula is C39H20N4S. The smallest absolute Gasteiger partial charge is 0.101 e. The number of hydrogen-bond acceptors (Lipinski definition) is 4. The van der Waals surface area contributed by atoms with Gasteiger partial charge in [-0.1, -0.05) is 78.9 Å². The molecule has 0 aliphatic carbocycles. The molecule has 0 unspecified atom stereocenters. The van der Waals surface area contributed by atoms with Crippen LogP contribution in [-0.4, -0.2) is 4.57 Å². The highest BCUT2D eigenvalue weighted by molar-refractivity contribution is 7.25. The second-order valence-corrected chi connectivity index (χ2v) is 11.7. The zero-order chi connectivity index (χ0) is 29.8. The quantitative estimate of drug-likeness (QED) is 0.210. The van der Waals surface area contributed by atoms with Crippen LogP contribution in [0.3, 0.4) is 0 Å². The van der Waals surface area contributed by atoms with E-state index in [-0.39, 0.29) is 0 Å². The Labute approximate surface area is 257 Å². The van der Waals surface area contributed by atoms with E-state index in [1.54, 1.807) is 17.4 Å². The lowest BCUT2D eigenvalue weighted by Gasteiger charge is -2.18. The van der Waals surface area contributed by atoms with Crippen LogP contribution in [0, 0.1) is 34.0 Å². The lowest BCUT2D eigenvalue weighted by Crippen LogP contribution is -2.02. The molecule has 0 radical (unpaired) electrons. The Morgan fingerprint density at radius 3 is 1.86 bits per heavy atom. The Balaban J connectivity index is 1.45. The first kappa shape index (κ1) is 25.5. The van der Waals surface area contributed by atoms with Crippen molar-refractivity contribution in [1.82, 2.24) is 4.57 Å². The van der Waals surface area contributed by atoms with E-state index in [0.29, 0.717) is 33.5 Å². The third-order valence-corrected chi connectivity index (χ3v) is 9.51. The number of rotatable bonds is 3. The molecule has 2 aromatic heterocycles. The van der Waals surface area contributed by atoms with Crippen LogP contribution in [0.4, 0.5) is 0 Å². The number of nitrogens with zero attached hydrogens (tertiary/aromatic N) is 4. The molecule has 202 valence electrons. The minimum Gasteiger partial charge on any atom is -0.307 e. The van der Waals surface area contributed by atoms with E-state index in [9.17, 15) is 15.8 Å². The highest BCUT2D eigenvalue weighted by atomic mass is 32.1. The topological polar surface area (TPSA) is 76.3 Å². The zero-order valence-electron chi connectivity index (χ0n) is 23.2. The molecule has 0 amide bonds. The maximum atomic E-state index is 10.7. The molecule has 0 N–H and O–H groups in total. The zero-order valence-corrected chi connectivity index (χ0v) is 24.1. The van der Waals surface area contributed by atoms with Crippen molar-refractivity contribution in [3.05, 3.63) is 138 Å². The van der Waals surface area contributed by atoms with Crippen molar-refractivity contribution in [2.24, 2.45) is 0 Å². The molecule has 0 aliphatic heterocycles. The fourth-order valence-corrected chi connectivity index (χ4v) is 7.56. The first-order valence-electron chi connectivity index (χ1n) is 14.1. The SMILES string of the molecule is N#Cc1ccc(-c2cccc(C#N)c2-n2c3ccccc3c3ccccc32)c(C#N)c1-c1ccc2sc3ccccc3c2c1. The van der Waals surface area contributed by atoms with Crippen molar-refractivity contribution < 1.29 is 0 Å². The first-order chi connectivity index (χ1) is 21.7. The van der Waals surface area contributed by atoms with E-state index in [2.05, 4.69) is 71.3 Å². The largest absolute Gasteiger partial charge is 0.307 e. The maximum absolute atomic E-state index is 10.7. The first-order valence-corrected chi connectivity index (χ1v) is 14.9. The van der Waals surface area contributed by atoms with Crippen LogP contribution in [0.5, 0.6) is 0 Å². The average molecular weight is 577 g/mol. The van der Waals surface area contributed by atoms with Gasteiger partial charge < -0.3 is 4.57 Å². The second kappa shape index (κ2) is 9.97. The Morgan fingerprint density at radius 2 is 1.16 bits per heavy atom. The number of benzene rings is 6. The van der Waals surface area contributed by atoms with Gasteiger partial charge in [0, 0.05) is 47.6 Å². The van der Waals surface area contributed by atoms with Crippen LogP contribution in [0.2, 0.25) is 0 Å². The van der Waals surface area contributed by atoms with Gasteiger partial charge in [-0.25, -0.2) is 0 Å². The standard InChI is InChI=1S/C39H20N4S/c40-21-25-16-18-27(33(23-42)38(25)24-17-19-37-32(20-24)30-11-3-6-15-36(30)44-37)31-12-7-8-26(22-41)39(31)43-34-13-4-1-9-28(34)29-10-2-5-14-35(29)43/h1-20H. The van der Waals surface area contributed by atoms with Crippen LogP contribution < -0.4 is 0 Å². The van der Waals surface area contributed by atoms with Crippen molar-refractivity contribution in [2.75, 3.05) is 0 Å². The molecule has 0 fully saturated rings. The molecule has 0 bridgehead atoms. The number of thiophene rings is 1. The number of para-hydroxylation sites is 3. The van der Waals surface area contributed by atoms with Crippen molar-refractivity contribution in [1.29, 1.82) is 15.8 Å². The van der Waals surface area contributed by atoms with E-state index in [4.69, 9.17) is 0 Å². The van der Waals surface area contributed by atoms with Gasteiger partial charge in [0.05, 0.1) is 39.5 Å². The van der Waals surface area contributed by atoms with Crippen molar-refractivity contribution in [2.45, 2.75) is 0 Å². The second-order valence-electron chi connectivity index (χ2n) is 10.6. The number of fused-ring (bicyclic) bond motifs is 6. The third-order valence-electron chi connectivity index (χ3n) is 8.35. The molecule has 8 rings (SSSR count). The van der Waals surface area contributed by atoms with E-state index in [0.717, 1.165) is 48.4 Å². The summed E-state index contributed by atoms with van der Waals surface area (Å²) in [5.41, 5.74) is 6.81. The summed E-state index contributed by atoms with van der Waals surface area (Å²) < 4.78 is 4.47.